The molecule has 0 radical (unpaired) electrons. The molecule has 4 nitrogen and oxygen atoms in total. The Morgan fingerprint density at radius 1 is 1.04 bits per heavy atom. The molecule has 0 unspecified atom stereocenters. The lowest BCUT2D eigenvalue weighted by molar-refractivity contribution is 0.102. The van der Waals surface area contributed by atoms with Crippen molar-refractivity contribution in [2.45, 2.75) is 13.8 Å². The first-order valence-corrected chi connectivity index (χ1v) is 8.65. The lowest BCUT2D eigenvalue weighted by Gasteiger charge is -2.08. The molecule has 0 saturated carbocycles. The molecule has 3 rings (SSSR count). The fraction of sp³-hybridized carbons (Fsp3) is 0.0952. The van der Waals surface area contributed by atoms with Gasteiger partial charge in [-0.1, -0.05) is 42.5 Å². The summed E-state index contributed by atoms with van der Waals surface area (Å²) in [7, 11) is 0. The molecule has 0 aliphatic carbocycles. The van der Waals surface area contributed by atoms with Crippen LogP contribution in [0.4, 0.5) is 5.69 Å². The van der Waals surface area contributed by atoms with Gasteiger partial charge in [0.15, 0.2) is 4.77 Å². The molecule has 0 atom stereocenters. The summed E-state index contributed by atoms with van der Waals surface area (Å²) in [6.45, 7) is 4.04. The third kappa shape index (κ3) is 4.52. The van der Waals surface area contributed by atoms with E-state index >= 15 is 0 Å². The van der Waals surface area contributed by atoms with Gasteiger partial charge in [0.2, 0.25) is 0 Å². The molecular weight excluding hydrogens is 342 g/mol. The summed E-state index contributed by atoms with van der Waals surface area (Å²) in [5.41, 5.74) is 5.09. The number of anilines is 1. The minimum Gasteiger partial charge on any atom is -0.331 e. The van der Waals surface area contributed by atoms with Crippen LogP contribution in [0.15, 0.2) is 54.6 Å². The van der Waals surface area contributed by atoms with Crippen molar-refractivity contribution < 1.29 is 4.79 Å². The number of aromatic nitrogens is 2. The number of carbonyl (C=O) groups excluding carboxylic acids is 1. The Hall–Kier alpha value is -3.05. The van der Waals surface area contributed by atoms with Crippen LogP contribution in [0.25, 0.3) is 12.2 Å². The SMILES string of the molecule is Cc1ccc(NC(=O)c2cc(/C=C/c3ccccc3)[nH]c(=S)n2)cc1C. The Balaban J connectivity index is 1.82. The quantitative estimate of drug-likeness (QED) is 0.630. The molecule has 2 N–H and O–H groups in total. The monoisotopic (exact) mass is 361 g/mol. The van der Waals surface area contributed by atoms with E-state index in [1.807, 2.05) is 74.5 Å². The molecular formula is C21H19N3OS. The van der Waals surface area contributed by atoms with Crippen molar-refractivity contribution in [2.24, 2.45) is 0 Å². The third-order valence-electron chi connectivity index (χ3n) is 4.02. The predicted octanol–water partition coefficient (Wildman–Crippen LogP) is 5.18. The van der Waals surface area contributed by atoms with E-state index in [9.17, 15) is 4.79 Å². The topological polar surface area (TPSA) is 57.8 Å². The zero-order valence-electron chi connectivity index (χ0n) is 14.6. The average Bonchev–Trinajstić information content (AvgIpc) is 2.63. The second-order valence-electron chi connectivity index (χ2n) is 6.02. The number of H-pyrrole nitrogens is 1. The first-order valence-electron chi connectivity index (χ1n) is 8.24. The maximum absolute atomic E-state index is 12.5. The van der Waals surface area contributed by atoms with Crippen LogP contribution < -0.4 is 5.32 Å². The average molecular weight is 361 g/mol. The number of amides is 1. The molecule has 0 saturated heterocycles. The fourth-order valence-electron chi connectivity index (χ4n) is 2.45. The first kappa shape index (κ1) is 17.8. The van der Waals surface area contributed by atoms with Crippen LogP contribution in [0.3, 0.4) is 0 Å². The van der Waals surface area contributed by atoms with Gasteiger partial charge >= 0.3 is 0 Å². The molecule has 0 aliphatic heterocycles. The second kappa shape index (κ2) is 7.89. The normalized spacial score (nSPS) is 10.8. The van der Waals surface area contributed by atoms with Crippen molar-refractivity contribution >= 4 is 36.0 Å². The Labute approximate surface area is 157 Å². The third-order valence-corrected chi connectivity index (χ3v) is 4.21. The van der Waals surface area contributed by atoms with Crippen molar-refractivity contribution in [1.29, 1.82) is 0 Å². The van der Waals surface area contributed by atoms with Gasteiger partial charge in [0, 0.05) is 11.4 Å². The predicted molar refractivity (Wildman–Crippen MR) is 109 cm³/mol. The molecule has 0 bridgehead atoms. The van der Waals surface area contributed by atoms with E-state index in [0.29, 0.717) is 0 Å². The molecule has 26 heavy (non-hydrogen) atoms. The molecule has 1 amide bonds. The highest BCUT2D eigenvalue weighted by Gasteiger charge is 2.09. The Bertz CT molecular complexity index is 1020. The lowest BCUT2D eigenvalue weighted by atomic mass is 10.1. The minimum absolute atomic E-state index is 0.269. The van der Waals surface area contributed by atoms with E-state index in [1.54, 1.807) is 6.07 Å². The van der Waals surface area contributed by atoms with E-state index in [0.717, 1.165) is 22.5 Å². The van der Waals surface area contributed by atoms with Crippen molar-refractivity contribution in [2.75, 3.05) is 5.32 Å². The van der Waals surface area contributed by atoms with Gasteiger partial charge in [0.05, 0.1) is 0 Å². The fourth-order valence-corrected chi connectivity index (χ4v) is 2.66. The number of rotatable bonds is 4. The summed E-state index contributed by atoms with van der Waals surface area (Å²) in [6, 6.07) is 17.4. The van der Waals surface area contributed by atoms with E-state index < -0.39 is 0 Å². The Kier molecular flexibility index (Phi) is 5.39. The smallest absolute Gasteiger partial charge is 0.274 e. The zero-order valence-corrected chi connectivity index (χ0v) is 15.4. The number of carbonyl (C=O) groups is 1. The van der Waals surface area contributed by atoms with Crippen LogP contribution in [0.5, 0.6) is 0 Å². The van der Waals surface area contributed by atoms with Crippen molar-refractivity contribution in [3.63, 3.8) is 0 Å². The summed E-state index contributed by atoms with van der Waals surface area (Å²) < 4.78 is 0.269. The van der Waals surface area contributed by atoms with Gasteiger partial charge in [0.25, 0.3) is 5.91 Å². The van der Waals surface area contributed by atoms with E-state index in [2.05, 4.69) is 15.3 Å². The molecule has 1 heterocycles. The number of aryl methyl sites for hydroxylation is 2. The summed E-state index contributed by atoms with van der Waals surface area (Å²) >= 11 is 5.16. The maximum atomic E-state index is 12.5. The van der Waals surface area contributed by atoms with Crippen molar-refractivity contribution in [1.82, 2.24) is 9.97 Å². The summed E-state index contributed by atoms with van der Waals surface area (Å²) in [6.07, 6.45) is 3.82. The summed E-state index contributed by atoms with van der Waals surface area (Å²) in [4.78, 5) is 19.7. The highest BCUT2D eigenvalue weighted by Crippen LogP contribution is 2.15. The Morgan fingerprint density at radius 3 is 2.54 bits per heavy atom. The summed E-state index contributed by atoms with van der Waals surface area (Å²) in [5.74, 6) is -0.289. The van der Waals surface area contributed by atoms with Crippen LogP contribution in [0.2, 0.25) is 0 Å². The highest BCUT2D eigenvalue weighted by atomic mass is 32.1. The van der Waals surface area contributed by atoms with Gasteiger partial charge in [-0.3, -0.25) is 4.79 Å². The Morgan fingerprint density at radius 2 is 1.81 bits per heavy atom. The molecule has 0 spiro atoms. The van der Waals surface area contributed by atoms with Gasteiger partial charge in [-0.2, -0.15) is 0 Å². The van der Waals surface area contributed by atoms with Crippen molar-refractivity contribution in [3.05, 3.63) is 87.4 Å². The van der Waals surface area contributed by atoms with Gasteiger partial charge < -0.3 is 10.3 Å². The number of benzene rings is 2. The van der Waals surface area contributed by atoms with Crippen LogP contribution in [-0.2, 0) is 0 Å². The maximum Gasteiger partial charge on any atom is 0.274 e. The lowest BCUT2D eigenvalue weighted by Crippen LogP contribution is -2.14. The van der Waals surface area contributed by atoms with Crippen LogP contribution in [0, 0.1) is 18.6 Å². The standard InChI is InChI=1S/C21H19N3OS/c1-14-8-10-17(12-15(14)2)22-20(25)19-13-18(23-21(26)24-19)11-9-16-6-4-3-5-7-16/h3-13H,1-2H3,(H,22,25)(H,23,24,26)/b11-9+. The molecule has 2 aromatic carbocycles. The number of aromatic amines is 1. The molecule has 130 valence electrons. The van der Waals surface area contributed by atoms with Gasteiger partial charge in [-0.25, -0.2) is 4.98 Å². The van der Waals surface area contributed by atoms with Crippen molar-refractivity contribution in [3.8, 4) is 0 Å². The number of nitrogens with zero attached hydrogens (tertiary/aromatic N) is 1. The van der Waals surface area contributed by atoms with Crippen LogP contribution >= 0.6 is 12.2 Å². The molecule has 5 heteroatoms. The highest BCUT2D eigenvalue weighted by molar-refractivity contribution is 7.71. The largest absolute Gasteiger partial charge is 0.331 e. The van der Waals surface area contributed by atoms with Crippen LogP contribution in [-0.4, -0.2) is 15.9 Å². The number of hydrogen-bond donors (Lipinski definition) is 2. The minimum atomic E-state index is -0.289. The molecule has 0 aliphatic rings. The van der Waals surface area contributed by atoms with E-state index in [1.165, 1.54) is 5.56 Å². The number of hydrogen-bond acceptors (Lipinski definition) is 3. The van der Waals surface area contributed by atoms with Gasteiger partial charge in [0.1, 0.15) is 5.69 Å². The second-order valence-corrected chi connectivity index (χ2v) is 6.41. The van der Waals surface area contributed by atoms with E-state index in [4.69, 9.17) is 12.2 Å². The summed E-state index contributed by atoms with van der Waals surface area (Å²) in [5, 5.41) is 2.87. The zero-order chi connectivity index (χ0) is 18.5. The van der Waals surface area contributed by atoms with Crippen LogP contribution in [0.1, 0.15) is 32.9 Å². The van der Waals surface area contributed by atoms with Gasteiger partial charge in [-0.15, -0.1) is 0 Å². The molecule has 1 aromatic heterocycles. The van der Waals surface area contributed by atoms with Gasteiger partial charge in [-0.05, 0) is 67.0 Å². The number of nitrogens with one attached hydrogen (secondary N) is 2. The first-order chi connectivity index (χ1) is 12.5. The molecule has 3 aromatic rings. The van der Waals surface area contributed by atoms with E-state index in [-0.39, 0.29) is 16.4 Å². The molecule has 0 fully saturated rings.